The van der Waals surface area contributed by atoms with Crippen molar-refractivity contribution in [3.63, 3.8) is 0 Å². The van der Waals surface area contributed by atoms with Gasteiger partial charge in [0.05, 0.1) is 6.04 Å². The molecule has 0 fully saturated rings. The van der Waals surface area contributed by atoms with Crippen LogP contribution in [0.3, 0.4) is 0 Å². The Kier molecular flexibility index (Phi) is 3.68. The molecule has 1 rings (SSSR count). The fourth-order valence-corrected chi connectivity index (χ4v) is 1.19. The molecule has 1 aromatic rings. The van der Waals surface area contributed by atoms with Gasteiger partial charge in [0.25, 0.3) is 0 Å². The summed E-state index contributed by atoms with van der Waals surface area (Å²) >= 11 is 1.69. The Morgan fingerprint density at radius 1 is 1.46 bits per heavy atom. The highest BCUT2D eigenvalue weighted by molar-refractivity contribution is 14.1. The van der Waals surface area contributed by atoms with E-state index in [1.807, 2.05) is 0 Å². The molecule has 0 radical (unpaired) electrons. The predicted molar refractivity (Wildman–Crippen MR) is 58.8 cm³/mol. The van der Waals surface area contributed by atoms with Crippen molar-refractivity contribution in [1.82, 2.24) is 0 Å². The Hall–Kier alpha value is -0.620. The van der Waals surface area contributed by atoms with Crippen LogP contribution in [0.2, 0.25) is 0 Å². The summed E-state index contributed by atoms with van der Waals surface area (Å²) in [4.78, 5) is 10.8. The van der Waals surface area contributed by atoms with Gasteiger partial charge in [-0.25, -0.2) is 0 Å². The maximum atomic E-state index is 10.8. The molecule has 3 N–H and O–H groups in total. The summed E-state index contributed by atoms with van der Waals surface area (Å²) in [6, 6.07) is 6.23. The Balaban J connectivity index is 2.64. The number of carbonyl (C=O) groups is 1. The topological polar surface area (TPSA) is 63.3 Å². The van der Waals surface area contributed by atoms with E-state index >= 15 is 0 Å². The number of phenols is 1. The lowest BCUT2D eigenvalue weighted by atomic mass is 10.1. The van der Waals surface area contributed by atoms with Crippen molar-refractivity contribution in [3.8, 4) is 5.75 Å². The van der Waals surface area contributed by atoms with Gasteiger partial charge in [0.15, 0.2) is 0 Å². The van der Waals surface area contributed by atoms with Gasteiger partial charge < -0.3 is 10.8 Å². The van der Waals surface area contributed by atoms with Gasteiger partial charge >= 0.3 is 0 Å². The summed E-state index contributed by atoms with van der Waals surface area (Å²) in [5.41, 5.74) is 6.52. The number of phenolic OH excluding ortho intramolecular Hbond substituents is 1. The number of hydrogen-bond donors (Lipinski definition) is 2. The second kappa shape index (κ2) is 4.57. The summed E-state index contributed by atoms with van der Waals surface area (Å²) in [5.74, 6) is 0.220. The Bertz CT molecular complexity index is 297. The van der Waals surface area contributed by atoms with Crippen LogP contribution in [0.5, 0.6) is 5.75 Å². The zero-order valence-electron chi connectivity index (χ0n) is 6.90. The van der Waals surface area contributed by atoms with Crippen molar-refractivity contribution >= 4 is 26.4 Å². The fourth-order valence-electron chi connectivity index (χ4n) is 0.966. The van der Waals surface area contributed by atoms with Crippen molar-refractivity contribution in [2.24, 2.45) is 5.73 Å². The molecule has 4 heteroatoms. The standard InChI is InChI=1S/C9H10INO2/c10-9(13)8(11)5-6-1-3-7(12)4-2-6/h1-4,8,12H,5,11H2/t8-/m1/s1. The van der Waals surface area contributed by atoms with E-state index in [0.717, 1.165) is 5.56 Å². The first-order chi connectivity index (χ1) is 6.09. The number of aromatic hydroxyl groups is 1. The minimum atomic E-state index is -0.454. The average molecular weight is 291 g/mol. The maximum Gasteiger partial charge on any atom is 0.209 e. The quantitative estimate of drug-likeness (QED) is 0.650. The highest BCUT2D eigenvalue weighted by Gasteiger charge is 2.09. The number of carbonyl (C=O) groups excluding carboxylic acids is 1. The number of rotatable bonds is 3. The normalized spacial score (nSPS) is 12.5. The average Bonchev–Trinajstić information content (AvgIpc) is 2.08. The van der Waals surface area contributed by atoms with Crippen LogP contribution in [-0.4, -0.2) is 14.9 Å². The zero-order chi connectivity index (χ0) is 9.84. The molecule has 0 aromatic heterocycles. The monoisotopic (exact) mass is 291 g/mol. The van der Waals surface area contributed by atoms with E-state index in [1.54, 1.807) is 46.9 Å². The van der Waals surface area contributed by atoms with E-state index in [2.05, 4.69) is 0 Å². The van der Waals surface area contributed by atoms with Crippen molar-refractivity contribution in [1.29, 1.82) is 0 Å². The zero-order valence-corrected chi connectivity index (χ0v) is 9.06. The van der Waals surface area contributed by atoms with E-state index in [1.165, 1.54) is 0 Å². The largest absolute Gasteiger partial charge is 0.508 e. The Morgan fingerprint density at radius 2 is 2.00 bits per heavy atom. The summed E-state index contributed by atoms with van der Waals surface area (Å²) in [6.07, 6.45) is 0.516. The molecular weight excluding hydrogens is 281 g/mol. The predicted octanol–water partition coefficient (Wildman–Crippen LogP) is 1.22. The lowest BCUT2D eigenvalue weighted by Gasteiger charge is -2.06. The highest BCUT2D eigenvalue weighted by Crippen LogP contribution is 2.11. The molecule has 0 heterocycles. The van der Waals surface area contributed by atoms with Gasteiger partial charge in [-0.15, -0.1) is 0 Å². The molecule has 0 unspecified atom stereocenters. The lowest BCUT2D eigenvalue weighted by Crippen LogP contribution is -2.28. The molecule has 0 spiro atoms. The van der Waals surface area contributed by atoms with Gasteiger partial charge in [-0.2, -0.15) is 0 Å². The molecule has 0 saturated carbocycles. The third kappa shape index (κ3) is 3.31. The van der Waals surface area contributed by atoms with E-state index in [0.29, 0.717) is 6.42 Å². The smallest absolute Gasteiger partial charge is 0.209 e. The van der Waals surface area contributed by atoms with Crippen LogP contribution < -0.4 is 5.73 Å². The minimum Gasteiger partial charge on any atom is -0.508 e. The van der Waals surface area contributed by atoms with E-state index in [9.17, 15) is 4.79 Å². The Morgan fingerprint density at radius 3 is 2.46 bits per heavy atom. The lowest BCUT2D eigenvalue weighted by molar-refractivity contribution is -0.110. The highest BCUT2D eigenvalue weighted by atomic mass is 127. The van der Waals surface area contributed by atoms with Crippen LogP contribution in [-0.2, 0) is 11.2 Å². The molecule has 0 saturated heterocycles. The van der Waals surface area contributed by atoms with Crippen molar-refractivity contribution in [2.45, 2.75) is 12.5 Å². The molecule has 0 aliphatic rings. The van der Waals surface area contributed by atoms with Gasteiger partial charge in [0, 0.05) is 22.6 Å². The number of halogens is 1. The number of hydrogen-bond acceptors (Lipinski definition) is 3. The summed E-state index contributed by atoms with van der Waals surface area (Å²) in [7, 11) is 0. The molecule has 70 valence electrons. The maximum absolute atomic E-state index is 10.8. The van der Waals surface area contributed by atoms with Crippen LogP contribution >= 0.6 is 22.6 Å². The molecule has 0 amide bonds. The molecule has 1 atom stereocenters. The molecule has 13 heavy (non-hydrogen) atoms. The second-order valence-electron chi connectivity index (χ2n) is 2.78. The third-order valence-corrected chi connectivity index (χ3v) is 2.48. The molecule has 1 aromatic carbocycles. The SMILES string of the molecule is N[C@H](Cc1ccc(O)cc1)C(=O)I. The molecule has 3 nitrogen and oxygen atoms in total. The van der Waals surface area contributed by atoms with Gasteiger partial charge in [0.1, 0.15) is 5.75 Å². The van der Waals surface area contributed by atoms with E-state index in [4.69, 9.17) is 10.8 Å². The third-order valence-electron chi connectivity index (χ3n) is 1.68. The van der Waals surface area contributed by atoms with E-state index < -0.39 is 6.04 Å². The van der Waals surface area contributed by atoms with Gasteiger partial charge in [-0.05, 0) is 24.1 Å². The molecule has 0 aliphatic carbocycles. The minimum absolute atomic E-state index is 0.0503. The van der Waals surface area contributed by atoms with Gasteiger partial charge in [-0.3, -0.25) is 4.79 Å². The van der Waals surface area contributed by atoms with Crippen molar-refractivity contribution < 1.29 is 9.90 Å². The van der Waals surface area contributed by atoms with E-state index in [-0.39, 0.29) is 9.54 Å². The van der Waals surface area contributed by atoms with Crippen LogP contribution in [0.4, 0.5) is 0 Å². The summed E-state index contributed by atoms with van der Waals surface area (Å²) in [5, 5.41) is 9.00. The second-order valence-corrected chi connectivity index (χ2v) is 3.84. The Labute approximate surface area is 90.1 Å². The summed E-state index contributed by atoms with van der Waals surface area (Å²) in [6.45, 7) is 0. The number of nitrogens with two attached hydrogens (primary N) is 1. The first kappa shape index (κ1) is 10.5. The fraction of sp³-hybridized carbons (Fsp3) is 0.222. The van der Waals surface area contributed by atoms with Crippen molar-refractivity contribution in [2.75, 3.05) is 0 Å². The molecular formula is C9H10INO2. The molecule has 0 bridgehead atoms. The van der Waals surface area contributed by atoms with Crippen LogP contribution in [0, 0.1) is 0 Å². The number of benzene rings is 1. The first-order valence-electron chi connectivity index (χ1n) is 3.82. The van der Waals surface area contributed by atoms with Gasteiger partial charge in [-0.1, -0.05) is 12.1 Å². The van der Waals surface area contributed by atoms with Crippen molar-refractivity contribution in [3.05, 3.63) is 29.8 Å². The van der Waals surface area contributed by atoms with Crippen LogP contribution in [0.15, 0.2) is 24.3 Å². The summed E-state index contributed by atoms with van der Waals surface area (Å²) < 4.78 is -0.0503. The first-order valence-corrected chi connectivity index (χ1v) is 4.90. The van der Waals surface area contributed by atoms with Crippen LogP contribution in [0.1, 0.15) is 5.56 Å². The van der Waals surface area contributed by atoms with Crippen LogP contribution in [0.25, 0.3) is 0 Å². The molecule has 0 aliphatic heterocycles. The van der Waals surface area contributed by atoms with Gasteiger partial charge in [0.2, 0.25) is 3.79 Å².